The average Bonchev–Trinajstić information content (AvgIpc) is 3.10. The lowest BCUT2D eigenvalue weighted by atomic mass is 10.1. The summed E-state index contributed by atoms with van der Waals surface area (Å²) in [5, 5.41) is 12.3. The molecule has 2 N–H and O–H groups in total. The fourth-order valence-corrected chi connectivity index (χ4v) is 2.07. The van der Waals surface area contributed by atoms with Crippen LogP contribution in [-0.2, 0) is 6.54 Å². The van der Waals surface area contributed by atoms with Gasteiger partial charge in [0.1, 0.15) is 18.1 Å². The number of carbonyl (C=O) groups is 1. The van der Waals surface area contributed by atoms with Gasteiger partial charge in [-0.25, -0.2) is 4.98 Å². The van der Waals surface area contributed by atoms with Crippen LogP contribution in [0.1, 0.15) is 21.8 Å². The number of pyridine rings is 2. The van der Waals surface area contributed by atoms with Gasteiger partial charge in [0.2, 0.25) is 0 Å². The topological polar surface area (TPSA) is 88.2 Å². The number of aliphatic hydroxyl groups is 1. The Morgan fingerprint density at radius 2 is 2.22 bits per heavy atom. The summed E-state index contributed by atoms with van der Waals surface area (Å²) in [6.45, 7) is 0.0405. The predicted octanol–water partition coefficient (Wildman–Crippen LogP) is 1.50. The molecule has 0 aliphatic carbocycles. The number of nitrogens with zero attached hydrogens (tertiary/aromatic N) is 2. The van der Waals surface area contributed by atoms with Gasteiger partial charge < -0.3 is 14.8 Å². The Balaban J connectivity index is 1.87. The zero-order valence-electron chi connectivity index (χ0n) is 12.1. The second-order valence-electron chi connectivity index (χ2n) is 4.68. The maximum Gasteiger partial charge on any atom is 0.270 e. The first-order valence-electron chi connectivity index (χ1n) is 6.93. The maximum atomic E-state index is 12.2. The molecular weight excluding hydrogens is 294 g/mol. The molecule has 114 valence electrons. The van der Waals surface area contributed by atoms with Gasteiger partial charge in [0.05, 0.1) is 23.9 Å². The van der Waals surface area contributed by atoms with Crippen molar-refractivity contribution in [3.63, 3.8) is 0 Å². The Morgan fingerprint density at radius 1 is 1.30 bits per heavy atom. The minimum atomic E-state index is -0.304. The number of aromatic nitrogens is 2. The summed E-state index contributed by atoms with van der Waals surface area (Å²) in [5.41, 5.74) is 1.42. The van der Waals surface area contributed by atoms with E-state index in [-0.39, 0.29) is 18.2 Å². The smallest absolute Gasteiger partial charge is 0.270 e. The molecule has 0 aliphatic rings. The predicted molar refractivity (Wildman–Crippen MR) is 83.4 cm³/mol. The molecule has 0 bridgehead atoms. The minimum absolute atomic E-state index is 0.250. The lowest BCUT2D eigenvalue weighted by Crippen LogP contribution is -2.23. The number of furan rings is 1. The first-order valence-corrected chi connectivity index (χ1v) is 6.93. The second kappa shape index (κ2) is 6.73. The van der Waals surface area contributed by atoms with E-state index >= 15 is 0 Å². The van der Waals surface area contributed by atoms with Crippen LogP contribution in [0.5, 0.6) is 0 Å². The van der Waals surface area contributed by atoms with E-state index in [9.17, 15) is 4.79 Å². The zero-order valence-corrected chi connectivity index (χ0v) is 12.1. The summed E-state index contributed by atoms with van der Waals surface area (Å²) in [6, 6.07) is 6.93. The van der Waals surface area contributed by atoms with Crippen LogP contribution in [0.2, 0.25) is 0 Å². The van der Waals surface area contributed by atoms with E-state index in [2.05, 4.69) is 27.1 Å². The van der Waals surface area contributed by atoms with Gasteiger partial charge in [0, 0.05) is 17.8 Å². The quantitative estimate of drug-likeness (QED) is 0.716. The number of hydrogen-bond donors (Lipinski definition) is 2. The first-order chi connectivity index (χ1) is 11.3. The van der Waals surface area contributed by atoms with Gasteiger partial charge in [-0.05, 0) is 24.3 Å². The summed E-state index contributed by atoms with van der Waals surface area (Å²) >= 11 is 0. The molecule has 3 aromatic rings. The van der Waals surface area contributed by atoms with Crippen LogP contribution in [0.25, 0.3) is 10.9 Å². The van der Waals surface area contributed by atoms with Crippen LogP contribution in [0.4, 0.5) is 0 Å². The summed E-state index contributed by atoms with van der Waals surface area (Å²) in [4.78, 5) is 20.6. The Morgan fingerprint density at radius 3 is 3.00 bits per heavy atom. The van der Waals surface area contributed by atoms with E-state index in [0.717, 1.165) is 5.39 Å². The minimum Gasteiger partial charge on any atom is -0.467 e. The van der Waals surface area contributed by atoms with Gasteiger partial charge in [-0.3, -0.25) is 9.78 Å². The molecule has 0 aromatic carbocycles. The van der Waals surface area contributed by atoms with E-state index in [0.29, 0.717) is 23.4 Å². The van der Waals surface area contributed by atoms with Gasteiger partial charge in [0.15, 0.2) is 0 Å². The number of hydrogen-bond acceptors (Lipinski definition) is 5. The van der Waals surface area contributed by atoms with Crippen molar-refractivity contribution in [2.45, 2.75) is 6.54 Å². The number of rotatable bonds is 3. The largest absolute Gasteiger partial charge is 0.467 e. The molecule has 0 saturated heterocycles. The van der Waals surface area contributed by atoms with Crippen molar-refractivity contribution in [3.05, 3.63) is 59.9 Å². The molecule has 3 heterocycles. The normalized spacial score (nSPS) is 10.1. The van der Waals surface area contributed by atoms with Crippen molar-refractivity contribution < 1.29 is 14.3 Å². The van der Waals surface area contributed by atoms with Crippen LogP contribution in [0.15, 0.2) is 47.3 Å². The van der Waals surface area contributed by atoms with Crippen LogP contribution < -0.4 is 5.32 Å². The molecule has 6 nitrogen and oxygen atoms in total. The van der Waals surface area contributed by atoms with Crippen molar-refractivity contribution in [1.82, 2.24) is 15.3 Å². The van der Waals surface area contributed by atoms with Gasteiger partial charge >= 0.3 is 0 Å². The van der Waals surface area contributed by atoms with E-state index in [1.165, 1.54) is 0 Å². The molecule has 23 heavy (non-hydrogen) atoms. The van der Waals surface area contributed by atoms with E-state index < -0.39 is 0 Å². The molecular formula is C17H13N3O3. The molecule has 0 saturated carbocycles. The van der Waals surface area contributed by atoms with Crippen LogP contribution in [-0.4, -0.2) is 27.6 Å². The van der Waals surface area contributed by atoms with E-state index in [4.69, 9.17) is 9.52 Å². The van der Waals surface area contributed by atoms with E-state index in [1.807, 2.05) is 0 Å². The standard InChI is InChI=1S/C17H13N3O3/c21-7-1-3-12-9-18-10-13-5-6-15(20-16(12)13)17(22)19-11-14-4-2-8-23-14/h2,4-6,8-10,21H,7,11H2,(H,19,22). The molecule has 0 spiro atoms. The summed E-state index contributed by atoms with van der Waals surface area (Å²) < 4.78 is 5.17. The van der Waals surface area contributed by atoms with Crippen molar-refractivity contribution in [3.8, 4) is 11.8 Å². The monoisotopic (exact) mass is 307 g/mol. The zero-order chi connectivity index (χ0) is 16.1. The van der Waals surface area contributed by atoms with Crippen molar-refractivity contribution >= 4 is 16.8 Å². The van der Waals surface area contributed by atoms with E-state index in [1.54, 1.807) is 42.9 Å². The Labute approximate surface area is 132 Å². The molecule has 0 aliphatic heterocycles. The number of fused-ring (bicyclic) bond motifs is 1. The highest BCUT2D eigenvalue weighted by Crippen LogP contribution is 2.15. The van der Waals surface area contributed by atoms with Gasteiger partial charge in [0.25, 0.3) is 5.91 Å². The fourth-order valence-electron chi connectivity index (χ4n) is 2.07. The summed E-state index contributed by atoms with van der Waals surface area (Å²) in [6.07, 6.45) is 4.76. The highest BCUT2D eigenvalue weighted by Gasteiger charge is 2.10. The molecule has 3 rings (SSSR count). The molecule has 0 unspecified atom stereocenters. The van der Waals surface area contributed by atoms with Crippen molar-refractivity contribution in [2.75, 3.05) is 6.61 Å². The number of nitrogens with one attached hydrogen (secondary N) is 1. The average molecular weight is 307 g/mol. The molecule has 0 fully saturated rings. The second-order valence-corrected chi connectivity index (χ2v) is 4.68. The fraction of sp³-hybridized carbons (Fsp3) is 0.118. The van der Waals surface area contributed by atoms with Crippen molar-refractivity contribution in [1.29, 1.82) is 0 Å². The van der Waals surface area contributed by atoms with Crippen LogP contribution in [0, 0.1) is 11.8 Å². The number of amides is 1. The highest BCUT2D eigenvalue weighted by molar-refractivity contribution is 5.95. The Kier molecular flexibility index (Phi) is 4.32. The molecule has 1 amide bonds. The number of aliphatic hydroxyl groups excluding tert-OH is 1. The molecule has 6 heteroatoms. The SMILES string of the molecule is O=C(NCc1ccco1)c1ccc2cncc(C#CCO)c2n1. The molecule has 0 radical (unpaired) electrons. The summed E-state index contributed by atoms with van der Waals surface area (Å²) in [5.74, 6) is 5.71. The highest BCUT2D eigenvalue weighted by atomic mass is 16.3. The third kappa shape index (κ3) is 3.36. The summed E-state index contributed by atoms with van der Waals surface area (Å²) in [7, 11) is 0. The molecule has 0 atom stereocenters. The van der Waals surface area contributed by atoms with Gasteiger partial charge in [-0.1, -0.05) is 11.8 Å². The van der Waals surface area contributed by atoms with Gasteiger partial charge in [-0.15, -0.1) is 0 Å². The van der Waals surface area contributed by atoms with Crippen LogP contribution in [0.3, 0.4) is 0 Å². The van der Waals surface area contributed by atoms with Crippen molar-refractivity contribution in [2.24, 2.45) is 0 Å². The molecule has 3 aromatic heterocycles. The van der Waals surface area contributed by atoms with Crippen LogP contribution >= 0.6 is 0 Å². The maximum absolute atomic E-state index is 12.2. The lowest BCUT2D eigenvalue weighted by molar-refractivity contribution is 0.0943. The third-order valence-corrected chi connectivity index (χ3v) is 3.14. The Hall–Kier alpha value is -3.17. The Bertz CT molecular complexity index is 892. The van der Waals surface area contributed by atoms with Gasteiger partial charge in [-0.2, -0.15) is 0 Å². The third-order valence-electron chi connectivity index (χ3n) is 3.14. The lowest BCUT2D eigenvalue weighted by Gasteiger charge is -2.05. The first kappa shape index (κ1) is 14.8. The number of carbonyl (C=O) groups excluding carboxylic acids is 1.